The number of hydrogen-bond donors (Lipinski definition) is 2. The quantitative estimate of drug-likeness (QED) is 0.887. The number of benzene rings is 1. The van der Waals surface area contributed by atoms with Crippen LogP contribution in [0.2, 0.25) is 0 Å². The van der Waals surface area contributed by atoms with E-state index in [1.807, 2.05) is 45.0 Å². The number of nitrogens with zero attached hydrogens (tertiary/aromatic N) is 2. The molecule has 0 saturated heterocycles. The normalized spacial score (nSPS) is 11.0. The fourth-order valence-electron chi connectivity index (χ4n) is 2.01. The van der Waals surface area contributed by atoms with E-state index in [4.69, 9.17) is 4.74 Å². The van der Waals surface area contributed by atoms with Crippen LogP contribution in [0.3, 0.4) is 0 Å². The van der Waals surface area contributed by atoms with E-state index in [0.29, 0.717) is 12.4 Å². The third-order valence-corrected chi connectivity index (χ3v) is 3.02. The van der Waals surface area contributed by atoms with Gasteiger partial charge in [-0.1, -0.05) is 18.2 Å². The molecule has 2 aromatic rings. The van der Waals surface area contributed by atoms with Crippen LogP contribution in [0.15, 0.2) is 36.7 Å². The third-order valence-electron chi connectivity index (χ3n) is 3.02. The molecule has 0 unspecified atom stereocenters. The first-order valence-electron chi connectivity index (χ1n) is 7.39. The van der Waals surface area contributed by atoms with Gasteiger partial charge in [0.2, 0.25) is 0 Å². The summed E-state index contributed by atoms with van der Waals surface area (Å²) in [4.78, 5) is 20.5. The van der Waals surface area contributed by atoms with Crippen LogP contribution >= 0.6 is 0 Å². The van der Waals surface area contributed by atoms with E-state index in [-0.39, 0.29) is 17.1 Å². The van der Waals surface area contributed by atoms with E-state index in [2.05, 4.69) is 20.6 Å². The van der Waals surface area contributed by atoms with Crippen LogP contribution in [-0.4, -0.2) is 28.5 Å². The lowest BCUT2D eigenvalue weighted by Gasteiger charge is -2.20. The van der Waals surface area contributed by atoms with Gasteiger partial charge in [-0.05, 0) is 26.8 Å². The summed E-state index contributed by atoms with van der Waals surface area (Å²) in [5, 5.41) is 6.01. The molecule has 23 heavy (non-hydrogen) atoms. The second kappa shape index (κ2) is 7.09. The first-order valence-corrected chi connectivity index (χ1v) is 7.39. The summed E-state index contributed by atoms with van der Waals surface area (Å²) in [7, 11) is 1.60. The first-order chi connectivity index (χ1) is 10.9. The van der Waals surface area contributed by atoms with E-state index in [0.717, 1.165) is 11.3 Å². The summed E-state index contributed by atoms with van der Waals surface area (Å²) in [6, 6.07) is 7.54. The molecule has 2 rings (SSSR count). The molecule has 0 spiro atoms. The molecule has 0 fully saturated rings. The molecule has 1 heterocycles. The monoisotopic (exact) mass is 314 g/mol. The maximum absolute atomic E-state index is 12.1. The molecule has 0 bridgehead atoms. The molecule has 0 aliphatic heterocycles. The molecule has 1 aromatic carbocycles. The van der Waals surface area contributed by atoms with Crippen molar-refractivity contribution in [1.82, 2.24) is 15.3 Å². The maximum atomic E-state index is 12.1. The number of carbonyl (C=O) groups is 1. The van der Waals surface area contributed by atoms with Crippen molar-refractivity contribution in [2.24, 2.45) is 0 Å². The lowest BCUT2D eigenvalue weighted by Crippen LogP contribution is -2.27. The van der Waals surface area contributed by atoms with Crippen molar-refractivity contribution in [3.05, 3.63) is 47.9 Å². The van der Waals surface area contributed by atoms with Crippen molar-refractivity contribution in [2.75, 3.05) is 12.4 Å². The zero-order valence-electron chi connectivity index (χ0n) is 13.9. The van der Waals surface area contributed by atoms with Crippen LogP contribution in [0, 0.1) is 0 Å². The molecule has 6 heteroatoms. The van der Waals surface area contributed by atoms with Gasteiger partial charge in [0.15, 0.2) is 0 Å². The van der Waals surface area contributed by atoms with Crippen molar-refractivity contribution < 1.29 is 9.53 Å². The zero-order chi connectivity index (χ0) is 16.9. The average molecular weight is 314 g/mol. The highest BCUT2D eigenvalue weighted by molar-refractivity contribution is 5.92. The number of nitrogens with one attached hydrogen (secondary N) is 2. The fourth-order valence-corrected chi connectivity index (χ4v) is 2.01. The summed E-state index contributed by atoms with van der Waals surface area (Å²) in [6.07, 6.45) is 3.02. The number of rotatable bonds is 5. The molecular weight excluding hydrogens is 292 g/mol. The molecule has 2 N–H and O–H groups in total. The smallest absolute Gasteiger partial charge is 0.271 e. The van der Waals surface area contributed by atoms with Crippen molar-refractivity contribution >= 4 is 11.7 Å². The molecular formula is C17H22N4O2. The van der Waals surface area contributed by atoms with Crippen LogP contribution in [0.5, 0.6) is 5.75 Å². The summed E-state index contributed by atoms with van der Waals surface area (Å²) >= 11 is 0. The van der Waals surface area contributed by atoms with Gasteiger partial charge in [0.1, 0.15) is 17.3 Å². The number of hydrogen-bond acceptors (Lipinski definition) is 5. The van der Waals surface area contributed by atoms with Gasteiger partial charge in [0.25, 0.3) is 5.91 Å². The Morgan fingerprint density at radius 2 is 1.91 bits per heavy atom. The molecule has 0 saturated carbocycles. The number of methoxy groups -OCH3 is 1. The van der Waals surface area contributed by atoms with Crippen molar-refractivity contribution in [3.63, 3.8) is 0 Å². The van der Waals surface area contributed by atoms with Gasteiger partial charge < -0.3 is 15.4 Å². The van der Waals surface area contributed by atoms with Crippen LogP contribution in [0.1, 0.15) is 36.8 Å². The van der Waals surface area contributed by atoms with Gasteiger partial charge in [0.05, 0.1) is 19.5 Å². The minimum Gasteiger partial charge on any atom is -0.496 e. The summed E-state index contributed by atoms with van der Waals surface area (Å²) in [5.74, 6) is 1.10. The van der Waals surface area contributed by atoms with Crippen LogP contribution < -0.4 is 15.4 Å². The molecule has 122 valence electrons. The van der Waals surface area contributed by atoms with E-state index in [9.17, 15) is 4.79 Å². The third kappa shape index (κ3) is 4.95. The minimum absolute atomic E-state index is 0.109. The molecule has 1 aromatic heterocycles. The highest BCUT2D eigenvalue weighted by Gasteiger charge is 2.12. The van der Waals surface area contributed by atoms with Gasteiger partial charge in [-0.25, -0.2) is 9.97 Å². The summed E-state index contributed by atoms with van der Waals surface area (Å²) < 4.78 is 5.26. The topological polar surface area (TPSA) is 76.1 Å². The molecule has 0 atom stereocenters. The lowest BCUT2D eigenvalue weighted by molar-refractivity contribution is 0.0945. The van der Waals surface area contributed by atoms with Crippen molar-refractivity contribution in [1.29, 1.82) is 0 Å². The minimum atomic E-state index is -0.272. The average Bonchev–Trinajstić information content (AvgIpc) is 2.52. The predicted molar refractivity (Wildman–Crippen MR) is 89.6 cm³/mol. The van der Waals surface area contributed by atoms with Crippen molar-refractivity contribution in [2.45, 2.75) is 32.9 Å². The number of aromatic nitrogens is 2. The number of carbonyl (C=O) groups excluding carboxylic acids is 1. The number of amides is 1. The standard InChI is InChI=1S/C17H22N4O2/c1-17(2,3)21-15-11-18-13(10-19-15)16(22)20-9-12-7-5-6-8-14(12)23-4/h5-8,10-11H,9H2,1-4H3,(H,19,21)(H,20,22). The summed E-state index contributed by atoms with van der Waals surface area (Å²) in [6.45, 7) is 6.46. The number of para-hydroxylation sites is 1. The summed E-state index contributed by atoms with van der Waals surface area (Å²) in [5.41, 5.74) is 1.07. The number of ether oxygens (including phenoxy) is 1. The Bertz CT molecular complexity index is 663. The maximum Gasteiger partial charge on any atom is 0.271 e. The van der Waals surface area contributed by atoms with Gasteiger partial charge in [-0.3, -0.25) is 4.79 Å². The van der Waals surface area contributed by atoms with Crippen molar-refractivity contribution in [3.8, 4) is 5.75 Å². The Labute approximate surface area is 136 Å². The highest BCUT2D eigenvalue weighted by atomic mass is 16.5. The Morgan fingerprint density at radius 3 is 2.52 bits per heavy atom. The Balaban J connectivity index is 1.98. The first kappa shape index (κ1) is 16.7. The van der Waals surface area contributed by atoms with E-state index in [1.54, 1.807) is 13.3 Å². The van der Waals surface area contributed by atoms with Crippen LogP contribution in [0.4, 0.5) is 5.82 Å². The van der Waals surface area contributed by atoms with E-state index >= 15 is 0 Å². The molecule has 1 amide bonds. The molecule has 0 aliphatic carbocycles. The van der Waals surface area contributed by atoms with E-state index in [1.165, 1.54) is 6.20 Å². The predicted octanol–water partition coefficient (Wildman–Crippen LogP) is 2.63. The largest absolute Gasteiger partial charge is 0.496 e. The SMILES string of the molecule is COc1ccccc1CNC(=O)c1cnc(NC(C)(C)C)cn1. The molecule has 0 radical (unpaired) electrons. The van der Waals surface area contributed by atoms with Crippen LogP contribution in [-0.2, 0) is 6.54 Å². The zero-order valence-corrected chi connectivity index (χ0v) is 13.9. The fraction of sp³-hybridized carbons (Fsp3) is 0.353. The van der Waals surface area contributed by atoms with E-state index < -0.39 is 0 Å². The number of anilines is 1. The van der Waals surface area contributed by atoms with Gasteiger partial charge in [-0.15, -0.1) is 0 Å². The second-order valence-electron chi connectivity index (χ2n) is 6.16. The van der Waals surface area contributed by atoms with Gasteiger partial charge >= 0.3 is 0 Å². The second-order valence-corrected chi connectivity index (χ2v) is 6.16. The Kier molecular flexibility index (Phi) is 5.16. The Hall–Kier alpha value is -2.63. The Morgan fingerprint density at radius 1 is 1.17 bits per heavy atom. The highest BCUT2D eigenvalue weighted by Crippen LogP contribution is 2.17. The molecule has 0 aliphatic rings. The van der Waals surface area contributed by atoms with Crippen LogP contribution in [0.25, 0.3) is 0 Å². The van der Waals surface area contributed by atoms with Gasteiger partial charge in [-0.2, -0.15) is 0 Å². The molecule has 6 nitrogen and oxygen atoms in total. The lowest BCUT2D eigenvalue weighted by atomic mass is 10.1. The van der Waals surface area contributed by atoms with Gasteiger partial charge in [0, 0.05) is 17.6 Å².